The molecule has 0 N–H and O–H groups in total. The van der Waals surface area contributed by atoms with E-state index in [0.29, 0.717) is 25.7 Å². The van der Waals surface area contributed by atoms with E-state index in [0.717, 1.165) is 0 Å². The van der Waals surface area contributed by atoms with Crippen LogP contribution in [0.1, 0.15) is 51.4 Å². The molecule has 0 heterocycles. The van der Waals surface area contributed by atoms with Gasteiger partial charge in [0.15, 0.2) is 0 Å². The Labute approximate surface area is 104 Å². The fourth-order valence-electron chi connectivity index (χ4n) is 3.45. The Morgan fingerprint density at radius 3 is 1.61 bits per heavy atom. The fourth-order valence-corrected chi connectivity index (χ4v) is 3.45. The first-order valence-corrected chi connectivity index (χ1v) is 6.72. The molecule has 0 atom stereocenters. The van der Waals surface area contributed by atoms with Crippen molar-refractivity contribution in [3.63, 3.8) is 0 Å². The maximum absolute atomic E-state index is 13.0. The van der Waals surface area contributed by atoms with Crippen molar-refractivity contribution in [3.05, 3.63) is 0 Å². The lowest BCUT2D eigenvalue weighted by Crippen LogP contribution is -2.33. The highest BCUT2D eigenvalue weighted by atomic mass is 19.4. The van der Waals surface area contributed by atoms with Crippen molar-refractivity contribution in [3.8, 4) is 0 Å². The van der Waals surface area contributed by atoms with Crippen LogP contribution in [0.25, 0.3) is 0 Å². The van der Waals surface area contributed by atoms with Gasteiger partial charge in [-0.05, 0) is 50.4 Å². The molecule has 18 heavy (non-hydrogen) atoms. The summed E-state index contributed by atoms with van der Waals surface area (Å²) in [6, 6.07) is 0. The SMILES string of the molecule is FC1(F)CCC(C2CCC(C(F)(F)F)CC2)CC1. The van der Waals surface area contributed by atoms with Crippen molar-refractivity contribution in [1.29, 1.82) is 0 Å². The fraction of sp³-hybridized carbons (Fsp3) is 1.00. The van der Waals surface area contributed by atoms with Crippen LogP contribution in [0, 0.1) is 17.8 Å². The third-order valence-corrected chi connectivity index (χ3v) is 4.66. The lowest BCUT2D eigenvalue weighted by molar-refractivity contribution is -0.185. The summed E-state index contributed by atoms with van der Waals surface area (Å²) in [5.74, 6) is -3.25. The van der Waals surface area contributed by atoms with E-state index in [4.69, 9.17) is 0 Å². The summed E-state index contributed by atoms with van der Waals surface area (Å²) in [5, 5.41) is 0. The summed E-state index contributed by atoms with van der Waals surface area (Å²) in [7, 11) is 0. The Balaban J connectivity index is 1.80. The lowest BCUT2D eigenvalue weighted by Gasteiger charge is -2.38. The van der Waals surface area contributed by atoms with Crippen LogP contribution in [-0.2, 0) is 0 Å². The van der Waals surface area contributed by atoms with E-state index in [1.165, 1.54) is 0 Å². The minimum atomic E-state index is -4.08. The molecule has 0 aromatic heterocycles. The minimum absolute atomic E-state index is 0.0864. The van der Waals surface area contributed by atoms with E-state index in [1.807, 2.05) is 0 Å². The first-order valence-electron chi connectivity index (χ1n) is 6.72. The molecule has 0 aliphatic heterocycles. The van der Waals surface area contributed by atoms with Gasteiger partial charge in [0.05, 0.1) is 5.92 Å². The molecule has 0 unspecified atom stereocenters. The molecule has 0 aromatic carbocycles. The molecule has 0 bridgehead atoms. The molecular weight excluding hydrogens is 251 g/mol. The van der Waals surface area contributed by atoms with Crippen molar-refractivity contribution in [2.75, 3.05) is 0 Å². The zero-order valence-corrected chi connectivity index (χ0v) is 10.3. The van der Waals surface area contributed by atoms with Crippen LogP contribution < -0.4 is 0 Å². The van der Waals surface area contributed by atoms with Gasteiger partial charge in [-0.3, -0.25) is 0 Å². The van der Waals surface area contributed by atoms with Crippen LogP contribution in [-0.4, -0.2) is 12.1 Å². The van der Waals surface area contributed by atoms with E-state index < -0.39 is 18.0 Å². The zero-order valence-electron chi connectivity index (χ0n) is 10.3. The van der Waals surface area contributed by atoms with Gasteiger partial charge in [-0.25, -0.2) is 8.78 Å². The number of halogens is 5. The highest BCUT2D eigenvalue weighted by molar-refractivity contribution is 4.85. The van der Waals surface area contributed by atoms with E-state index in [9.17, 15) is 22.0 Å². The largest absolute Gasteiger partial charge is 0.391 e. The first-order chi connectivity index (χ1) is 8.28. The van der Waals surface area contributed by atoms with Gasteiger partial charge >= 0.3 is 6.18 Å². The highest BCUT2D eigenvalue weighted by Gasteiger charge is 2.44. The van der Waals surface area contributed by atoms with E-state index in [-0.39, 0.29) is 37.5 Å². The average Bonchev–Trinajstić information content (AvgIpc) is 2.28. The summed E-state index contributed by atoms with van der Waals surface area (Å²) in [6.45, 7) is 0. The molecule has 0 amide bonds. The molecule has 0 aromatic rings. The Hall–Kier alpha value is -0.350. The van der Waals surface area contributed by atoms with Gasteiger partial charge in [0.2, 0.25) is 5.92 Å². The van der Waals surface area contributed by atoms with Gasteiger partial charge in [0.1, 0.15) is 0 Å². The summed E-state index contributed by atoms with van der Waals surface area (Å²) in [4.78, 5) is 0. The Bertz CT molecular complexity index is 266. The van der Waals surface area contributed by atoms with Crippen molar-refractivity contribution in [1.82, 2.24) is 0 Å². The molecule has 0 spiro atoms. The van der Waals surface area contributed by atoms with Crippen LogP contribution in [0.2, 0.25) is 0 Å². The van der Waals surface area contributed by atoms with Gasteiger partial charge < -0.3 is 0 Å². The van der Waals surface area contributed by atoms with E-state index in [2.05, 4.69) is 0 Å². The minimum Gasteiger partial charge on any atom is -0.207 e. The maximum Gasteiger partial charge on any atom is 0.391 e. The lowest BCUT2D eigenvalue weighted by atomic mass is 9.70. The number of rotatable bonds is 1. The van der Waals surface area contributed by atoms with Crippen molar-refractivity contribution < 1.29 is 22.0 Å². The Morgan fingerprint density at radius 2 is 1.17 bits per heavy atom. The smallest absolute Gasteiger partial charge is 0.207 e. The molecular formula is C13H19F5. The normalized spacial score (nSPS) is 34.5. The van der Waals surface area contributed by atoms with Crippen LogP contribution >= 0.6 is 0 Å². The van der Waals surface area contributed by atoms with Crippen molar-refractivity contribution in [2.24, 2.45) is 17.8 Å². The Morgan fingerprint density at radius 1 is 0.722 bits per heavy atom. The first kappa shape index (κ1) is 14.1. The molecule has 0 nitrogen and oxygen atoms in total. The standard InChI is InChI=1S/C13H19F5/c14-12(15)7-5-10(6-8-12)9-1-3-11(4-2-9)13(16,17)18/h9-11H,1-8H2. The summed E-state index contributed by atoms with van der Waals surface area (Å²) in [5.41, 5.74) is 0. The second kappa shape index (κ2) is 4.97. The molecule has 0 saturated heterocycles. The van der Waals surface area contributed by atoms with Crippen LogP contribution in [0.15, 0.2) is 0 Å². The highest BCUT2D eigenvalue weighted by Crippen LogP contribution is 2.46. The number of alkyl halides is 5. The molecule has 106 valence electrons. The second-order valence-electron chi connectivity index (χ2n) is 5.85. The number of hydrogen-bond acceptors (Lipinski definition) is 0. The third-order valence-electron chi connectivity index (χ3n) is 4.66. The summed E-state index contributed by atoms with van der Waals surface area (Å²) < 4.78 is 63.6. The molecule has 2 aliphatic carbocycles. The van der Waals surface area contributed by atoms with Crippen LogP contribution in [0.3, 0.4) is 0 Å². The van der Waals surface area contributed by atoms with Gasteiger partial charge in [0, 0.05) is 12.8 Å². The molecule has 2 saturated carbocycles. The monoisotopic (exact) mass is 270 g/mol. The molecule has 2 rings (SSSR count). The van der Waals surface area contributed by atoms with Crippen molar-refractivity contribution >= 4 is 0 Å². The molecule has 2 fully saturated rings. The summed E-state index contributed by atoms with van der Waals surface area (Å²) in [6.07, 6.45) is -1.82. The topological polar surface area (TPSA) is 0 Å². The van der Waals surface area contributed by atoms with Crippen LogP contribution in [0.5, 0.6) is 0 Å². The quantitative estimate of drug-likeness (QED) is 0.576. The van der Waals surface area contributed by atoms with Gasteiger partial charge in [-0.15, -0.1) is 0 Å². The van der Waals surface area contributed by atoms with Crippen molar-refractivity contribution in [2.45, 2.75) is 63.5 Å². The van der Waals surface area contributed by atoms with Gasteiger partial charge in [0.25, 0.3) is 0 Å². The molecule has 2 aliphatic rings. The van der Waals surface area contributed by atoms with Crippen LogP contribution in [0.4, 0.5) is 22.0 Å². The maximum atomic E-state index is 13.0. The second-order valence-corrected chi connectivity index (χ2v) is 5.85. The third kappa shape index (κ3) is 3.35. The average molecular weight is 270 g/mol. The predicted octanol–water partition coefficient (Wildman–Crippen LogP) is 5.18. The van der Waals surface area contributed by atoms with E-state index in [1.54, 1.807) is 0 Å². The molecule has 5 heteroatoms. The van der Waals surface area contributed by atoms with Gasteiger partial charge in [-0.2, -0.15) is 13.2 Å². The predicted molar refractivity (Wildman–Crippen MR) is 58.4 cm³/mol. The molecule has 0 radical (unpaired) electrons. The van der Waals surface area contributed by atoms with E-state index >= 15 is 0 Å². The Kier molecular flexibility index (Phi) is 3.88. The summed E-state index contributed by atoms with van der Waals surface area (Å²) >= 11 is 0. The van der Waals surface area contributed by atoms with Gasteiger partial charge in [-0.1, -0.05) is 0 Å². The number of hydrogen-bond donors (Lipinski definition) is 0. The zero-order chi connectivity index (χ0) is 13.4.